The summed E-state index contributed by atoms with van der Waals surface area (Å²) in [4.78, 5) is 37.7. The van der Waals surface area contributed by atoms with Crippen molar-refractivity contribution < 1.29 is 18.7 Å². The number of hydrogen-bond acceptors (Lipinski definition) is 5. The Morgan fingerprint density at radius 3 is 2.32 bits per heavy atom. The molecule has 8 nitrogen and oxygen atoms in total. The third kappa shape index (κ3) is 5.25. The lowest BCUT2D eigenvalue weighted by atomic mass is 10.1. The van der Waals surface area contributed by atoms with Gasteiger partial charge in [-0.1, -0.05) is 32.0 Å². The normalized spacial score (nSPS) is 11.9. The number of hydrazine groups is 1. The molecular formula is C22H23FN4O4. The first kappa shape index (κ1) is 21.9. The topological polar surface area (TPSA) is 102 Å². The number of aromatic nitrogens is 2. The molecular weight excluding hydrogens is 403 g/mol. The lowest BCUT2D eigenvalue weighted by molar-refractivity contribution is -0.128. The summed E-state index contributed by atoms with van der Waals surface area (Å²) in [5.41, 5.74) is 4.33. The van der Waals surface area contributed by atoms with Gasteiger partial charge in [-0.15, -0.1) is 0 Å². The second-order valence-electron chi connectivity index (χ2n) is 7.43. The van der Waals surface area contributed by atoms with E-state index in [1.165, 1.54) is 35.9 Å². The smallest absolute Gasteiger partial charge is 0.290 e. The van der Waals surface area contributed by atoms with Gasteiger partial charge in [0.2, 0.25) is 0 Å². The van der Waals surface area contributed by atoms with Crippen LogP contribution in [0.1, 0.15) is 31.3 Å². The Morgan fingerprint density at radius 2 is 1.68 bits per heavy atom. The lowest BCUT2D eigenvalue weighted by Gasteiger charge is -2.16. The van der Waals surface area contributed by atoms with E-state index in [-0.39, 0.29) is 17.2 Å². The Kier molecular flexibility index (Phi) is 6.64. The molecule has 9 heteroatoms. The molecule has 0 radical (unpaired) electrons. The molecule has 162 valence electrons. The molecule has 0 aliphatic carbocycles. The van der Waals surface area contributed by atoms with E-state index >= 15 is 0 Å². The van der Waals surface area contributed by atoms with Crippen molar-refractivity contribution in [2.45, 2.75) is 33.4 Å². The van der Waals surface area contributed by atoms with Crippen LogP contribution in [0.3, 0.4) is 0 Å². The molecule has 3 aromatic rings. The number of ether oxygens (including phenoxy) is 1. The molecule has 31 heavy (non-hydrogen) atoms. The fraction of sp³-hybridized carbons (Fsp3) is 0.273. The zero-order valence-electron chi connectivity index (χ0n) is 17.4. The average Bonchev–Trinajstić information content (AvgIpc) is 2.75. The summed E-state index contributed by atoms with van der Waals surface area (Å²) < 4.78 is 19.7. The Labute approximate surface area is 178 Å². The Balaban J connectivity index is 1.75. The first-order valence-electron chi connectivity index (χ1n) is 9.78. The first-order chi connectivity index (χ1) is 14.8. The summed E-state index contributed by atoms with van der Waals surface area (Å²) in [5.74, 6) is -1.25. The number of hydrogen-bond donors (Lipinski definition) is 2. The molecule has 0 spiro atoms. The first-order valence-corrected chi connectivity index (χ1v) is 9.78. The highest BCUT2D eigenvalue weighted by Gasteiger charge is 2.20. The molecule has 0 aliphatic heterocycles. The van der Waals surface area contributed by atoms with Gasteiger partial charge in [-0.25, -0.2) is 9.07 Å². The van der Waals surface area contributed by atoms with Crippen molar-refractivity contribution in [3.05, 3.63) is 70.4 Å². The van der Waals surface area contributed by atoms with Gasteiger partial charge >= 0.3 is 0 Å². The number of carbonyl (C=O) groups is 2. The number of halogens is 1. The summed E-state index contributed by atoms with van der Waals surface area (Å²) in [6, 6.07) is 11.9. The zero-order valence-corrected chi connectivity index (χ0v) is 17.4. The van der Waals surface area contributed by atoms with Crippen LogP contribution in [0.4, 0.5) is 4.39 Å². The molecule has 2 amide bonds. The standard InChI is InChI=1S/C22H23FN4O4/c1-13(2)12-27-22(30)18-7-5-4-6-17(18)19(26-27)21(29)25-24-20(28)14(3)31-16-10-8-15(23)9-11-16/h4-11,13-14H,12H2,1-3H3,(H,24,28)(H,25,29). The van der Waals surface area contributed by atoms with Crippen molar-refractivity contribution >= 4 is 22.6 Å². The summed E-state index contributed by atoms with van der Waals surface area (Å²) in [6.07, 6.45) is -0.953. The molecule has 1 heterocycles. The van der Waals surface area contributed by atoms with Gasteiger partial charge < -0.3 is 4.74 Å². The van der Waals surface area contributed by atoms with Crippen molar-refractivity contribution in [3.8, 4) is 5.75 Å². The van der Waals surface area contributed by atoms with Crippen molar-refractivity contribution in [2.24, 2.45) is 5.92 Å². The Bertz CT molecular complexity index is 1160. The number of nitrogens with one attached hydrogen (secondary N) is 2. The van der Waals surface area contributed by atoms with Crippen LogP contribution in [0.2, 0.25) is 0 Å². The second-order valence-corrected chi connectivity index (χ2v) is 7.43. The third-order valence-electron chi connectivity index (χ3n) is 4.42. The van der Waals surface area contributed by atoms with Gasteiger partial charge in [0.05, 0.1) is 5.39 Å². The minimum atomic E-state index is -0.953. The molecule has 0 saturated carbocycles. The van der Waals surface area contributed by atoms with Crippen LogP contribution >= 0.6 is 0 Å². The SMILES string of the molecule is CC(C)Cn1nc(C(=O)NNC(=O)C(C)Oc2ccc(F)cc2)c2ccccc2c1=O. The highest BCUT2D eigenvalue weighted by Crippen LogP contribution is 2.14. The highest BCUT2D eigenvalue weighted by atomic mass is 19.1. The van der Waals surface area contributed by atoms with Gasteiger partial charge in [-0.3, -0.25) is 25.2 Å². The number of rotatable bonds is 6. The molecule has 0 aliphatic rings. The van der Waals surface area contributed by atoms with E-state index in [1.54, 1.807) is 24.3 Å². The van der Waals surface area contributed by atoms with E-state index < -0.39 is 23.7 Å². The molecule has 2 aromatic carbocycles. The van der Waals surface area contributed by atoms with Gasteiger partial charge in [0.15, 0.2) is 11.8 Å². The van der Waals surface area contributed by atoms with E-state index in [1.807, 2.05) is 13.8 Å². The largest absolute Gasteiger partial charge is 0.481 e. The van der Waals surface area contributed by atoms with Gasteiger partial charge in [0.25, 0.3) is 17.4 Å². The predicted molar refractivity (Wildman–Crippen MR) is 113 cm³/mol. The monoisotopic (exact) mass is 426 g/mol. The van der Waals surface area contributed by atoms with Crippen molar-refractivity contribution in [3.63, 3.8) is 0 Å². The highest BCUT2D eigenvalue weighted by molar-refractivity contribution is 6.05. The minimum absolute atomic E-state index is 0.0169. The quantitative estimate of drug-likeness (QED) is 0.590. The third-order valence-corrected chi connectivity index (χ3v) is 4.42. The molecule has 0 fully saturated rings. The summed E-state index contributed by atoms with van der Waals surface area (Å²) >= 11 is 0. The number of nitrogens with zero attached hydrogens (tertiary/aromatic N) is 2. The van der Waals surface area contributed by atoms with Gasteiger partial charge in [-0.05, 0) is 43.2 Å². The molecule has 0 saturated heterocycles. The molecule has 1 atom stereocenters. The zero-order chi connectivity index (χ0) is 22.5. The number of carbonyl (C=O) groups excluding carboxylic acids is 2. The fourth-order valence-electron chi connectivity index (χ4n) is 2.92. The maximum absolute atomic E-state index is 13.0. The Hall–Kier alpha value is -3.75. The Morgan fingerprint density at radius 1 is 1.03 bits per heavy atom. The number of fused-ring (bicyclic) bond motifs is 1. The van der Waals surface area contributed by atoms with E-state index in [0.29, 0.717) is 23.1 Å². The second kappa shape index (κ2) is 9.38. The summed E-state index contributed by atoms with van der Waals surface area (Å²) in [6.45, 7) is 5.71. The van der Waals surface area contributed by atoms with Gasteiger partial charge in [-0.2, -0.15) is 5.10 Å². The van der Waals surface area contributed by atoms with Crippen molar-refractivity contribution in [1.82, 2.24) is 20.6 Å². The van der Waals surface area contributed by atoms with Crippen LogP contribution in [0.5, 0.6) is 5.75 Å². The summed E-state index contributed by atoms with van der Waals surface area (Å²) in [7, 11) is 0. The van der Waals surface area contributed by atoms with Crippen molar-refractivity contribution in [1.29, 1.82) is 0 Å². The molecule has 3 rings (SSSR count). The van der Waals surface area contributed by atoms with E-state index in [4.69, 9.17) is 4.74 Å². The summed E-state index contributed by atoms with van der Waals surface area (Å²) in [5, 5.41) is 4.96. The van der Waals surface area contributed by atoms with Crippen LogP contribution < -0.4 is 21.1 Å². The van der Waals surface area contributed by atoms with Crippen LogP contribution in [0, 0.1) is 11.7 Å². The van der Waals surface area contributed by atoms with Crippen LogP contribution in [-0.4, -0.2) is 27.7 Å². The van der Waals surface area contributed by atoms with E-state index in [0.717, 1.165) is 0 Å². The average molecular weight is 426 g/mol. The lowest BCUT2D eigenvalue weighted by Crippen LogP contribution is -2.47. The minimum Gasteiger partial charge on any atom is -0.481 e. The van der Waals surface area contributed by atoms with Crippen LogP contribution in [-0.2, 0) is 11.3 Å². The van der Waals surface area contributed by atoms with Gasteiger partial charge in [0.1, 0.15) is 11.6 Å². The maximum Gasteiger partial charge on any atom is 0.290 e. The molecule has 1 aromatic heterocycles. The maximum atomic E-state index is 13.0. The van der Waals surface area contributed by atoms with Crippen LogP contribution in [0.15, 0.2) is 53.3 Å². The molecule has 0 bridgehead atoms. The van der Waals surface area contributed by atoms with E-state index in [9.17, 15) is 18.8 Å². The fourth-order valence-corrected chi connectivity index (χ4v) is 2.92. The van der Waals surface area contributed by atoms with Crippen LogP contribution in [0.25, 0.3) is 10.8 Å². The number of amides is 2. The predicted octanol–water partition coefficient (Wildman–Crippen LogP) is 2.42. The van der Waals surface area contributed by atoms with Gasteiger partial charge in [0, 0.05) is 11.9 Å². The van der Waals surface area contributed by atoms with E-state index in [2.05, 4.69) is 16.0 Å². The number of benzene rings is 2. The molecule has 1 unspecified atom stereocenters. The molecule has 2 N–H and O–H groups in total. The van der Waals surface area contributed by atoms with Crippen molar-refractivity contribution in [2.75, 3.05) is 0 Å².